The molecule has 0 aromatic heterocycles. The lowest BCUT2D eigenvalue weighted by atomic mass is 9.77. The van der Waals surface area contributed by atoms with Crippen molar-refractivity contribution in [3.8, 4) is 5.75 Å². The van der Waals surface area contributed by atoms with Crippen molar-refractivity contribution < 1.29 is 4.74 Å². The molecule has 1 aliphatic heterocycles. The number of para-hydroxylation sites is 1. The van der Waals surface area contributed by atoms with E-state index in [1.54, 1.807) is 7.11 Å². The summed E-state index contributed by atoms with van der Waals surface area (Å²) < 4.78 is 5.35. The van der Waals surface area contributed by atoms with Crippen LogP contribution in [-0.2, 0) is 5.41 Å². The van der Waals surface area contributed by atoms with Crippen molar-refractivity contribution in [2.24, 2.45) is 0 Å². The highest BCUT2D eigenvalue weighted by Crippen LogP contribution is 2.42. The third-order valence-corrected chi connectivity index (χ3v) is 4.19. The third kappa shape index (κ3) is 1.79. The van der Waals surface area contributed by atoms with Crippen LogP contribution >= 0.6 is 0 Å². The van der Waals surface area contributed by atoms with Gasteiger partial charge in [-0.1, -0.05) is 30.3 Å². The van der Waals surface area contributed by atoms with Crippen LogP contribution in [0.4, 0.5) is 5.69 Å². The number of nitrogens with one attached hydrogen (secondary N) is 1. The van der Waals surface area contributed by atoms with Gasteiger partial charge < -0.3 is 10.1 Å². The summed E-state index contributed by atoms with van der Waals surface area (Å²) in [7, 11) is 1.72. The maximum atomic E-state index is 5.35. The van der Waals surface area contributed by atoms with E-state index in [0.717, 1.165) is 12.3 Å². The highest BCUT2D eigenvalue weighted by molar-refractivity contribution is 5.64. The molecule has 98 valence electrons. The van der Waals surface area contributed by atoms with Crippen molar-refractivity contribution in [3.05, 3.63) is 59.2 Å². The molecule has 1 unspecified atom stereocenters. The third-order valence-electron chi connectivity index (χ3n) is 4.19. The van der Waals surface area contributed by atoms with E-state index in [1.807, 2.05) is 0 Å². The molecule has 0 saturated heterocycles. The predicted molar refractivity (Wildman–Crippen MR) is 79.1 cm³/mol. The van der Waals surface area contributed by atoms with Crippen LogP contribution in [-0.4, -0.2) is 13.7 Å². The molecule has 2 aromatic carbocycles. The Balaban J connectivity index is 2.10. The van der Waals surface area contributed by atoms with E-state index in [1.165, 1.54) is 22.4 Å². The number of fused-ring (bicyclic) bond motifs is 1. The molecular formula is C17H19NO. The summed E-state index contributed by atoms with van der Waals surface area (Å²) in [6, 6.07) is 15.0. The molecule has 2 nitrogen and oxygen atoms in total. The molecule has 3 rings (SSSR count). The highest BCUT2D eigenvalue weighted by atomic mass is 16.5. The first kappa shape index (κ1) is 12.1. The zero-order valence-electron chi connectivity index (χ0n) is 11.7. The Morgan fingerprint density at radius 2 is 1.95 bits per heavy atom. The molecule has 0 spiro atoms. The van der Waals surface area contributed by atoms with Crippen molar-refractivity contribution in [2.45, 2.75) is 19.3 Å². The molecule has 1 atom stereocenters. The van der Waals surface area contributed by atoms with Gasteiger partial charge in [-0.2, -0.15) is 0 Å². The summed E-state index contributed by atoms with van der Waals surface area (Å²) in [4.78, 5) is 0. The lowest BCUT2D eigenvalue weighted by Gasteiger charge is -2.25. The number of ether oxygens (including phenoxy) is 1. The minimum atomic E-state index is 0.0353. The molecule has 2 heteroatoms. The van der Waals surface area contributed by atoms with Gasteiger partial charge in [0.05, 0.1) is 7.11 Å². The predicted octanol–water partition coefficient (Wildman–Crippen LogP) is 3.74. The van der Waals surface area contributed by atoms with Gasteiger partial charge >= 0.3 is 0 Å². The molecule has 2 aromatic rings. The molecule has 0 amide bonds. The Morgan fingerprint density at radius 1 is 1.16 bits per heavy atom. The second-order valence-electron chi connectivity index (χ2n) is 5.42. The quantitative estimate of drug-likeness (QED) is 0.880. The number of aryl methyl sites for hydroxylation is 1. The van der Waals surface area contributed by atoms with E-state index in [4.69, 9.17) is 4.74 Å². The Hall–Kier alpha value is -1.96. The largest absolute Gasteiger partial charge is 0.496 e. The summed E-state index contributed by atoms with van der Waals surface area (Å²) in [5.74, 6) is 0.951. The molecule has 0 radical (unpaired) electrons. The van der Waals surface area contributed by atoms with Crippen LogP contribution in [0.5, 0.6) is 5.75 Å². The van der Waals surface area contributed by atoms with E-state index in [2.05, 4.69) is 61.6 Å². The average Bonchev–Trinajstić information content (AvgIpc) is 2.78. The van der Waals surface area contributed by atoms with Gasteiger partial charge in [0.25, 0.3) is 0 Å². The minimum Gasteiger partial charge on any atom is -0.496 e. The second-order valence-corrected chi connectivity index (χ2v) is 5.42. The summed E-state index contributed by atoms with van der Waals surface area (Å²) in [6.07, 6.45) is 0. The highest BCUT2D eigenvalue weighted by Gasteiger charge is 2.35. The van der Waals surface area contributed by atoms with Crippen molar-refractivity contribution in [1.29, 1.82) is 0 Å². The molecule has 0 aliphatic carbocycles. The van der Waals surface area contributed by atoms with E-state index >= 15 is 0 Å². The first-order valence-corrected chi connectivity index (χ1v) is 6.63. The van der Waals surface area contributed by atoms with Crippen LogP contribution in [0.3, 0.4) is 0 Å². The van der Waals surface area contributed by atoms with Crippen LogP contribution in [0.15, 0.2) is 42.5 Å². The van der Waals surface area contributed by atoms with Crippen LogP contribution in [0.25, 0.3) is 0 Å². The lowest BCUT2D eigenvalue weighted by molar-refractivity contribution is 0.411. The monoisotopic (exact) mass is 253 g/mol. The van der Waals surface area contributed by atoms with Crippen LogP contribution in [0.2, 0.25) is 0 Å². The van der Waals surface area contributed by atoms with Crippen molar-refractivity contribution >= 4 is 5.69 Å². The Kier molecular flexibility index (Phi) is 2.74. The number of rotatable bonds is 2. The first-order chi connectivity index (χ1) is 9.15. The molecular weight excluding hydrogens is 234 g/mol. The van der Waals surface area contributed by atoms with Crippen LogP contribution < -0.4 is 10.1 Å². The summed E-state index contributed by atoms with van der Waals surface area (Å²) in [5.41, 5.74) is 5.18. The molecule has 1 heterocycles. The van der Waals surface area contributed by atoms with Gasteiger partial charge in [0.15, 0.2) is 0 Å². The molecule has 19 heavy (non-hydrogen) atoms. The SMILES string of the molecule is COc1ccc(C2(C)CNc3ccccc32)cc1C. The van der Waals surface area contributed by atoms with E-state index in [-0.39, 0.29) is 5.41 Å². The van der Waals surface area contributed by atoms with Crippen molar-refractivity contribution in [2.75, 3.05) is 19.0 Å². The molecule has 1 aliphatic rings. The van der Waals surface area contributed by atoms with Gasteiger partial charge in [-0.05, 0) is 42.7 Å². The van der Waals surface area contributed by atoms with Gasteiger partial charge in [-0.15, -0.1) is 0 Å². The van der Waals surface area contributed by atoms with Gasteiger partial charge in [0.2, 0.25) is 0 Å². The average molecular weight is 253 g/mol. The summed E-state index contributed by atoms with van der Waals surface area (Å²) in [6.45, 7) is 5.34. The van der Waals surface area contributed by atoms with E-state index < -0.39 is 0 Å². The smallest absolute Gasteiger partial charge is 0.121 e. The Bertz CT molecular complexity index is 620. The number of hydrogen-bond acceptors (Lipinski definition) is 2. The van der Waals surface area contributed by atoms with Gasteiger partial charge in [-0.3, -0.25) is 0 Å². The topological polar surface area (TPSA) is 21.3 Å². The van der Waals surface area contributed by atoms with E-state index in [0.29, 0.717) is 0 Å². The minimum absolute atomic E-state index is 0.0353. The van der Waals surface area contributed by atoms with Crippen LogP contribution in [0, 0.1) is 6.92 Å². The fraction of sp³-hybridized carbons (Fsp3) is 0.294. The Labute approximate surface area is 114 Å². The number of benzene rings is 2. The fourth-order valence-corrected chi connectivity index (χ4v) is 2.96. The first-order valence-electron chi connectivity index (χ1n) is 6.63. The van der Waals surface area contributed by atoms with E-state index in [9.17, 15) is 0 Å². The molecule has 1 N–H and O–H groups in total. The van der Waals surface area contributed by atoms with Gasteiger partial charge in [0.1, 0.15) is 5.75 Å². The zero-order valence-corrected chi connectivity index (χ0v) is 11.7. The molecule has 0 bridgehead atoms. The lowest BCUT2D eigenvalue weighted by Crippen LogP contribution is -2.25. The molecule has 0 fully saturated rings. The molecule has 0 saturated carbocycles. The Morgan fingerprint density at radius 3 is 2.68 bits per heavy atom. The normalized spacial score (nSPS) is 20.8. The van der Waals surface area contributed by atoms with Crippen molar-refractivity contribution in [3.63, 3.8) is 0 Å². The zero-order chi connectivity index (χ0) is 13.5. The van der Waals surface area contributed by atoms with Crippen molar-refractivity contribution in [1.82, 2.24) is 0 Å². The standard InChI is InChI=1S/C17H19NO/c1-12-10-13(8-9-16(12)19-3)17(2)11-18-15-7-5-4-6-14(15)17/h4-10,18H,11H2,1-3H3. The maximum absolute atomic E-state index is 5.35. The van der Waals surface area contributed by atoms with Gasteiger partial charge in [0, 0.05) is 17.6 Å². The number of methoxy groups -OCH3 is 1. The summed E-state index contributed by atoms with van der Waals surface area (Å²) in [5, 5.41) is 3.51. The number of hydrogen-bond donors (Lipinski definition) is 1. The van der Waals surface area contributed by atoms with Gasteiger partial charge in [-0.25, -0.2) is 0 Å². The fourth-order valence-electron chi connectivity index (χ4n) is 2.96. The van der Waals surface area contributed by atoms with Crippen LogP contribution in [0.1, 0.15) is 23.6 Å². The second kappa shape index (κ2) is 4.30. The number of anilines is 1. The maximum Gasteiger partial charge on any atom is 0.121 e. The summed E-state index contributed by atoms with van der Waals surface area (Å²) >= 11 is 0.